The van der Waals surface area contributed by atoms with Crippen molar-refractivity contribution in [3.05, 3.63) is 109 Å². The number of carbonyl (C=O) groups excluding carboxylic acids is 1. The number of rotatable bonds is 41. The van der Waals surface area contributed by atoms with Gasteiger partial charge in [0.2, 0.25) is 5.91 Å². The number of nitrogens with one attached hydrogen (secondary N) is 1. The molecule has 3 N–H and O–H groups in total. The SMILES string of the molecule is CC/C=C\C/C=C\C/C=C\C/C=C\C/C=C\C/C=C\C/C=C\CCCCCCCCCCCC(=O)NC(CO)C(O)/C=C/CC/C=C/CCCCCCCCCC. The standard InChI is InChI=1S/C53H89NO3/c1-3-5-7-9-11-13-15-17-19-20-21-22-23-24-25-26-27-28-29-30-31-32-33-34-35-37-39-41-43-45-47-49-53(57)54-51(50-55)52(56)48-46-44-42-40-38-36-18-16-14-12-10-8-6-4-2/h5,7,11,13,17,19,21-22,24-25,27-28,30-31,38,40,46,48,51-52,55-56H,3-4,6,8-10,12,14-16,18,20,23,26,29,32-37,39,41-45,47,49-50H2,1-2H3,(H,54,57)/b7-5-,13-11-,19-17-,22-21-,25-24-,28-27-,31-30-,40-38+,48-46+. The molecule has 0 bridgehead atoms. The van der Waals surface area contributed by atoms with Crippen molar-refractivity contribution in [2.24, 2.45) is 0 Å². The molecule has 1 amide bonds. The third-order valence-electron chi connectivity index (χ3n) is 9.99. The first-order valence-corrected chi connectivity index (χ1v) is 23.6. The molecule has 57 heavy (non-hydrogen) atoms. The lowest BCUT2D eigenvalue weighted by Gasteiger charge is -2.19. The van der Waals surface area contributed by atoms with Crippen molar-refractivity contribution >= 4 is 5.91 Å². The van der Waals surface area contributed by atoms with Crippen LogP contribution in [0.3, 0.4) is 0 Å². The van der Waals surface area contributed by atoms with Crippen LogP contribution in [0.2, 0.25) is 0 Å². The molecule has 0 aromatic rings. The van der Waals surface area contributed by atoms with Crippen LogP contribution in [0.5, 0.6) is 0 Å². The minimum Gasteiger partial charge on any atom is -0.394 e. The van der Waals surface area contributed by atoms with E-state index in [9.17, 15) is 15.0 Å². The minimum absolute atomic E-state index is 0.0863. The Bertz CT molecular complexity index is 1120. The Kier molecular flexibility index (Phi) is 45.0. The van der Waals surface area contributed by atoms with Crippen LogP contribution in [-0.2, 0) is 4.79 Å². The van der Waals surface area contributed by atoms with E-state index in [2.05, 4.69) is 116 Å². The van der Waals surface area contributed by atoms with Gasteiger partial charge in [0.05, 0.1) is 18.8 Å². The summed E-state index contributed by atoms with van der Waals surface area (Å²) in [5, 5.41) is 23.0. The molecule has 0 aromatic carbocycles. The summed E-state index contributed by atoms with van der Waals surface area (Å²) in [5.41, 5.74) is 0. The zero-order valence-corrected chi connectivity index (χ0v) is 37.1. The molecule has 0 heterocycles. The minimum atomic E-state index is -0.871. The van der Waals surface area contributed by atoms with Crippen LogP contribution in [-0.4, -0.2) is 34.9 Å². The van der Waals surface area contributed by atoms with Crippen molar-refractivity contribution < 1.29 is 15.0 Å². The Morgan fingerprint density at radius 1 is 0.439 bits per heavy atom. The van der Waals surface area contributed by atoms with Gasteiger partial charge in [0.15, 0.2) is 0 Å². The summed E-state index contributed by atoms with van der Waals surface area (Å²) < 4.78 is 0. The topological polar surface area (TPSA) is 69.6 Å². The summed E-state index contributed by atoms with van der Waals surface area (Å²) >= 11 is 0. The molecular formula is C53H89NO3. The van der Waals surface area contributed by atoms with Gasteiger partial charge in [-0.2, -0.15) is 0 Å². The van der Waals surface area contributed by atoms with Gasteiger partial charge in [0, 0.05) is 6.42 Å². The summed E-state index contributed by atoms with van der Waals surface area (Å²) in [6, 6.07) is -0.649. The largest absolute Gasteiger partial charge is 0.394 e. The molecule has 0 saturated heterocycles. The molecule has 0 radical (unpaired) electrons. The fourth-order valence-corrected chi connectivity index (χ4v) is 6.41. The van der Waals surface area contributed by atoms with E-state index in [1.807, 2.05) is 6.08 Å². The Morgan fingerprint density at radius 3 is 1.23 bits per heavy atom. The maximum atomic E-state index is 12.4. The highest BCUT2D eigenvalue weighted by atomic mass is 16.3. The van der Waals surface area contributed by atoms with Crippen LogP contribution in [0, 0.1) is 0 Å². The van der Waals surface area contributed by atoms with Gasteiger partial charge >= 0.3 is 0 Å². The lowest BCUT2D eigenvalue weighted by Crippen LogP contribution is -2.45. The molecule has 0 saturated carbocycles. The summed E-state index contributed by atoms with van der Waals surface area (Å²) in [6.07, 6.45) is 72.0. The summed E-state index contributed by atoms with van der Waals surface area (Å²) in [6.45, 7) is 4.16. The van der Waals surface area contributed by atoms with E-state index in [1.165, 1.54) is 96.3 Å². The second-order valence-corrected chi connectivity index (χ2v) is 15.4. The van der Waals surface area contributed by atoms with Crippen LogP contribution in [0.1, 0.15) is 200 Å². The van der Waals surface area contributed by atoms with Crippen molar-refractivity contribution in [1.29, 1.82) is 0 Å². The van der Waals surface area contributed by atoms with E-state index in [0.717, 1.165) is 83.5 Å². The molecule has 324 valence electrons. The van der Waals surface area contributed by atoms with E-state index < -0.39 is 12.1 Å². The number of hydrogen-bond acceptors (Lipinski definition) is 3. The molecular weight excluding hydrogens is 699 g/mol. The third-order valence-corrected chi connectivity index (χ3v) is 9.99. The highest BCUT2D eigenvalue weighted by Gasteiger charge is 2.17. The van der Waals surface area contributed by atoms with Crippen molar-refractivity contribution in [2.45, 2.75) is 212 Å². The lowest BCUT2D eigenvalue weighted by molar-refractivity contribution is -0.123. The van der Waals surface area contributed by atoms with Crippen LogP contribution in [0.15, 0.2) is 109 Å². The van der Waals surface area contributed by atoms with Gasteiger partial charge in [-0.05, 0) is 89.9 Å². The normalized spacial score (nSPS) is 14.0. The number of amides is 1. The van der Waals surface area contributed by atoms with E-state index in [1.54, 1.807) is 6.08 Å². The fraction of sp³-hybridized carbons (Fsp3) is 0.642. The summed E-state index contributed by atoms with van der Waals surface area (Å²) in [7, 11) is 0. The molecule has 0 fully saturated rings. The molecule has 4 nitrogen and oxygen atoms in total. The highest BCUT2D eigenvalue weighted by molar-refractivity contribution is 5.76. The predicted octanol–water partition coefficient (Wildman–Crippen LogP) is 15.2. The van der Waals surface area contributed by atoms with E-state index >= 15 is 0 Å². The number of aliphatic hydroxyl groups excluding tert-OH is 2. The van der Waals surface area contributed by atoms with Crippen molar-refractivity contribution in [2.75, 3.05) is 6.61 Å². The number of unbranched alkanes of at least 4 members (excludes halogenated alkanes) is 18. The smallest absolute Gasteiger partial charge is 0.220 e. The molecule has 0 aromatic heterocycles. The highest BCUT2D eigenvalue weighted by Crippen LogP contribution is 2.13. The van der Waals surface area contributed by atoms with E-state index in [4.69, 9.17) is 0 Å². The van der Waals surface area contributed by atoms with E-state index in [0.29, 0.717) is 6.42 Å². The van der Waals surface area contributed by atoms with Crippen molar-refractivity contribution in [3.8, 4) is 0 Å². The van der Waals surface area contributed by atoms with Gasteiger partial charge in [0.25, 0.3) is 0 Å². The Balaban J connectivity index is 3.65. The molecule has 0 aliphatic heterocycles. The van der Waals surface area contributed by atoms with Gasteiger partial charge < -0.3 is 15.5 Å². The zero-order valence-electron chi connectivity index (χ0n) is 37.1. The first kappa shape index (κ1) is 54.0. The van der Waals surface area contributed by atoms with Gasteiger partial charge in [-0.1, -0.05) is 213 Å². The molecule has 4 heteroatoms. The van der Waals surface area contributed by atoms with Crippen LogP contribution >= 0.6 is 0 Å². The van der Waals surface area contributed by atoms with Gasteiger partial charge in [0.1, 0.15) is 0 Å². The zero-order chi connectivity index (χ0) is 41.4. The Morgan fingerprint density at radius 2 is 0.789 bits per heavy atom. The second-order valence-electron chi connectivity index (χ2n) is 15.4. The predicted molar refractivity (Wildman–Crippen MR) is 253 cm³/mol. The maximum absolute atomic E-state index is 12.4. The van der Waals surface area contributed by atoms with Gasteiger partial charge in [-0.3, -0.25) is 4.79 Å². The monoisotopic (exact) mass is 788 g/mol. The molecule has 2 atom stereocenters. The molecule has 0 aliphatic rings. The quantitative estimate of drug-likeness (QED) is 0.0427. The summed E-state index contributed by atoms with van der Waals surface area (Å²) in [5.74, 6) is -0.0863. The second kappa shape index (κ2) is 47.4. The fourth-order valence-electron chi connectivity index (χ4n) is 6.41. The lowest BCUT2D eigenvalue weighted by atomic mass is 10.1. The average Bonchev–Trinajstić information content (AvgIpc) is 3.22. The Labute approximate surface area is 353 Å². The summed E-state index contributed by atoms with van der Waals surface area (Å²) in [4.78, 5) is 12.4. The molecule has 0 aliphatic carbocycles. The Hall–Kier alpha value is -2.95. The van der Waals surface area contributed by atoms with Gasteiger partial charge in [-0.15, -0.1) is 0 Å². The number of hydrogen-bond donors (Lipinski definition) is 3. The van der Waals surface area contributed by atoms with Crippen LogP contribution < -0.4 is 5.32 Å². The first-order valence-electron chi connectivity index (χ1n) is 23.6. The van der Waals surface area contributed by atoms with Crippen LogP contribution in [0.4, 0.5) is 0 Å². The third kappa shape index (κ3) is 44.0. The van der Waals surface area contributed by atoms with Crippen molar-refractivity contribution in [3.63, 3.8) is 0 Å². The van der Waals surface area contributed by atoms with Gasteiger partial charge in [-0.25, -0.2) is 0 Å². The molecule has 0 spiro atoms. The molecule has 0 rings (SSSR count). The number of allylic oxidation sites excluding steroid dienone is 17. The van der Waals surface area contributed by atoms with E-state index in [-0.39, 0.29) is 12.5 Å². The average molecular weight is 788 g/mol. The first-order chi connectivity index (χ1) is 28.2. The number of aliphatic hydroxyl groups is 2. The number of carbonyl (C=O) groups is 1. The van der Waals surface area contributed by atoms with Crippen LogP contribution in [0.25, 0.3) is 0 Å². The maximum Gasteiger partial charge on any atom is 0.220 e. The molecule has 2 unspecified atom stereocenters. The van der Waals surface area contributed by atoms with Crippen molar-refractivity contribution in [1.82, 2.24) is 5.32 Å².